The van der Waals surface area contributed by atoms with E-state index in [9.17, 15) is 0 Å². The fourth-order valence-electron chi connectivity index (χ4n) is 8.05. The van der Waals surface area contributed by atoms with E-state index >= 15 is 0 Å². The molecule has 0 spiro atoms. The normalized spacial score (nSPS) is 17.9. The molecule has 2 aliphatic carbocycles. The van der Waals surface area contributed by atoms with Crippen molar-refractivity contribution >= 4 is 60.0 Å². The Morgan fingerprint density at radius 2 is 0.841 bits per heavy atom. The van der Waals surface area contributed by atoms with Crippen LogP contribution < -0.4 is 0 Å². The Hall–Kier alpha value is -1.53. The maximum atomic E-state index is 2.83. The summed E-state index contributed by atoms with van der Waals surface area (Å²) < 4.78 is 6.77. The summed E-state index contributed by atoms with van der Waals surface area (Å²) in [5.74, 6) is 0. The van der Waals surface area contributed by atoms with Gasteiger partial charge < -0.3 is 0 Å². The number of halogens is 2. The number of hydrogen-bond acceptors (Lipinski definition) is 0. The first-order valence-electron chi connectivity index (χ1n) is 15.5. The minimum Gasteiger partial charge on any atom is -0.147 e. The molecule has 0 bridgehead atoms. The number of benzene rings is 4. The molecule has 0 amide bonds. The summed E-state index contributed by atoms with van der Waals surface area (Å²) in [5.41, 5.74) is 11.7. The molecule has 44 heavy (non-hydrogen) atoms. The predicted octanol–water partition coefficient (Wildman–Crippen LogP) is 11.5. The standard InChI is InChI=1S/2C18H19Si.2CH3.2ClH.H2Si.Zr/c2*1-19(2,3)16-12-15-10-7-11-17(18(15)13-16)14-8-5-4-6-9-14;;;;;;/h2*4-13H,1-3H3;2*1H3;2*1H;1H2;. The van der Waals surface area contributed by atoms with Gasteiger partial charge in [0.25, 0.3) is 0 Å². The van der Waals surface area contributed by atoms with Gasteiger partial charge in [-0.1, -0.05) is 0 Å². The van der Waals surface area contributed by atoms with E-state index in [4.69, 9.17) is 0 Å². The van der Waals surface area contributed by atoms with Gasteiger partial charge >= 0.3 is 260 Å². The van der Waals surface area contributed by atoms with Crippen LogP contribution in [0.1, 0.15) is 29.5 Å². The quantitative estimate of drug-likeness (QED) is 0.172. The van der Waals surface area contributed by atoms with Crippen LogP contribution >= 0.6 is 24.8 Å². The average molecular weight is 751 g/mol. The Morgan fingerprint density at radius 1 is 0.500 bits per heavy atom. The molecule has 2 aliphatic rings. The van der Waals surface area contributed by atoms with Crippen LogP contribution in [0.3, 0.4) is 0 Å². The van der Waals surface area contributed by atoms with Crippen LogP contribution in [-0.4, -0.2) is 23.0 Å². The SMILES string of the molecule is C[Si](C)(C)C1=Cc2c(-c3ccccc3)cccc2[CH]1[Zr]([CH3])([CH3])(=[SiH2])[CH]1C([Si](C)(C)C)=Cc2c(-c3ccccc3)cccc21.Cl.Cl. The molecule has 230 valence electrons. The van der Waals surface area contributed by atoms with Gasteiger partial charge in [-0.05, 0) is 0 Å². The zero-order valence-electron chi connectivity index (χ0n) is 27.6. The van der Waals surface area contributed by atoms with E-state index in [0.717, 1.165) is 0 Å². The van der Waals surface area contributed by atoms with Gasteiger partial charge in [0.2, 0.25) is 0 Å². The van der Waals surface area contributed by atoms with Crippen LogP contribution in [-0.2, 0) is 17.4 Å². The Balaban J connectivity index is 0.00000221. The second-order valence-electron chi connectivity index (χ2n) is 15.9. The van der Waals surface area contributed by atoms with E-state index in [1.807, 2.05) is 0 Å². The van der Waals surface area contributed by atoms with Crippen LogP contribution in [0.4, 0.5) is 0 Å². The molecular formula is C38H48Cl2Si3Zr. The van der Waals surface area contributed by atoms with Gasteiger partial charge in [-0.15, -0.1) is 24.8 Å². The van der Waals surface area contributed by atoms with E-state index in [1.54, 1.807) is 21.5 Å². The molecule has 0 N–H and O–H groups in total. The van der Waals surface area contributed by atoms with Crippen LogP contribution in [0.15, 0.2) is 107 Å². The van der Waals surface area contributed by atoms with Crippen molar-refractivity contribution in [2.24, 2.45) is 0 Å². The molecule has 0 radical (unpaired) electrons. The summed E-state index contributed by atoms with van der Waals surface area (Å²) in [4.78, 5) is 0. The van der Waals surface area contributed by atoms with Crippen molar-refractivity contribution in [3.8, 4) is 22.3 Å². The van der Waals surface area contributed by atoms with E-state index < -0.39 is 33.5 Å². The van der Waals surface area contributed by atoms with Crippen LogP contribution in [0, 0.1) is 0 Å². The van der Waals surface area contributed by atoms with Crippen molar-refractivity contribution in [1.82, 2.24) is 0 Å². The summed E-state index contributed by atoms with van der Waals surface area (Å²) in [7, 11) is -3.26. The van der Waals surface area contributed by atoms with Crippen molar-refractivity contribution < 1.29 is 17.4 Å². The maximum absolute atomic E-state index is 3.72. The predicted molar refractivity (Wildman–Crippen MR) is 207 cm³/mol. The first-order chi connectivity index (χ1) is 19.7. The van der Waals surface area contributed by atoms with Crippen molar-refractivity contribution in [3.63, 3.8) is 0 Å². The van der Waals surface area contributed by atoms with E-state index in [0.29, 0.717) is 7.25 Å². The van der Waals surface area contributed by atoms with Crippen LogP contribution in [0.2, 0.25) is 48.5 Å². The van der Waals surface area contributed by atoms with Crippen molar-refractivity contribution in [2.75, 3.05) is 0 Å². The monoisotopic (exact) mass is 748 g/mol. The molecule has 0 fully saturated rings. The zero-order chi connectivity index (χ0) is 30.1. The molecule has 4 aromatic rings. The van der Waals surface area contributed by atoms with Gasteiger partial charge in [0.05, 0.1) is 0 Å². The minimum absolute atomic E-state index is 0. The fourth-order valence-corrected chi connectivity index (χ4v) is 43.4. The number of allylic oxidation sites excluding steroid dienone is 2. The molecule has 6 rings (SSSR count). The average Bonchev–Trinajstić information content (AvgIpc) is 3.55. The third kappa shape index (κ3) is 6.01. The van der Waals surface area contributed by atoms with E-state index in [1.165, 1.54) is 33.4 Å². The number of rotatable bonds is 6. The number of fused-ring (bicyclic) bond motifs is 2. The summed E-state index contributed by atoms with van der Waals surface area (Å²) in [5, 5.41) is 3.57. The van der Waals surface area contributed by atoms with Crippen molar-refractivity contribution in [2.45, 2.75) is 55.8 Å². The maximum Gasteiger partial charge on any atom is -0.147 e. The molecule has 2 unspecified atom stereocenters. The minimum atomic E-state index is -3.72. The molecule has 0 heterocycles. The summed E-state index contributed by atoms with van der Waals surface area (Å²) >= 11 is -3.72. The van der Waals surface area contributed by atoms with Crippen LogP contribution in [0.5, 0.6) is 0 Å². The summed E-state index contributed by atoms with van der Waals surface area (Å²) in [6.07, 6.45) is 5.36. The molecule has 0 aromatic heterocycles. The Morgan fingerprint density at radius 3 is 1.16 bits per heavy atom. The van der Waals surface area contributed by atoms with Crippen molar-refractivity contribution in [3.05, 3.63) is 130 Å². The topological polar surface area (TPSA) is 0 Å². The van der Waals surface area contributed by atoms with Crippen LogP contribution in [0.25, 0.3) is 34.4 Å². The molecule has 0 saturated carbocycles. The van der Waals surface area contributed by atoms with Gasteiger partial charge in [0, 0.05) is 0 Å². The second kappa shape index (κ2) is 12.2. The van der Waals surface area contributed by atoms with E-state index in [2.05, 4.69) is 165 Å². The molecular weight excluding hydrogens is 703 g/mol. The first-order valence-corrected chi connectivity index (χ1v) is 36.2. The first kappa shape index (κ1) is 35.3. The molecule has 0 nitrogen and oxygen atoms in total. The van der Waals surface area contributed by atoms with Gasteiger partial charge in [-0.2, -0.15) is 0 Å². The third-order valence-corrected chi connectivity index (χ3v) is 32.9. The van der Waals surface area contributed by atoms with Gasteiger partial charge in [0.1, 0.15) is 0 Å². The molecule has 2 atom stereocenters. The van der Waals surface area contributed by atoms with Gasteiger partial charge in [0.15, 0.2) is 0 Å². The van der Waals surface area contributed by atoms with E-state index in [-0.39, 0.29) is 24.8 Å². The van der Waals surface area contributed by atoms with Crippen molar-refractivity contribution in [1.29, 1.82) is 0 Å². The number of hydrogen-bond donors (Lipinski definition) is 0. The summed E-state index contributed by atoms with van der Waals surface area (Å²) in [6, 6.07) is 36.5. The smallest absolute Gasteiger partial charge is 0.147 e. The Labute approximate surface area is 282 Å². The molecule has 6 heteroatoms. The Bertz CT molecular complexity index is 1690. The molecule has 4 aromatic carbocycles. The van der Waals surface area contributed by atoms with Gasteiger partial charge in [-0.25, -0.2) is 0 Å². The zero-order valence-corrected chi connectivity index (χ0v) is 35.1. The van der Waals surface area contributed by atoms with Gasteiger partial charge in [-0.3, -0.25) is 0 Å². The largest absolute Gasteiger partial charge is 0.147 e. The Kier molecular flexibility index (Phi) is 9.84. The molecule has 0 aliphatic heterocycles. The summed E-state index contributed by atoms with van der Waals surface area (Å²) in [6.45, 7) is 18.0. The fraction of sp³-hybridized carbons (Fsp3) is 0.263. The molecule has 0 saturated heterocycles. The second-order valence-corrected chi connectivity index (χ2v) is 56.5. The third-order valence-electron chi connectivity index (χ3n) is 9.92.